The number of aromatic nitrogens is 2. The Bertz CT molecular complexity index is 351. The van der Waals surface area contributed by atoms with E-state index in [0.717, 1.165) is 11.3 Å². The minimum absolute atomic E-state index is 0. The molecule has 1 aromatic rings. The number of halogens is 1. The molecule has 6 heteroatoms. The highest BCUT2D eigenvalue weighted by Crippen LogP contribution is 2.15. The van der Waals surface area contributed by atoms with Crippen LogP contribution in [0.2, 0.25) is 0 Å². The molecular formula is C10H19ClN4O. The fourth-order valence-electron chi connectivity index (χ4n) is 1.46. The van der Waals surface area contributed by atoms with E-state index in [2.05, 4.69) is 10.4 Å². The zero-order chi connectivity index (χ0) is 11.4. The van der Waals surface area contributed by atoms with Crippen LogP contribution < -0.4 is 11.1 Å². The Labute approximate surface area is 102 Å². The summed E-state index contributed by atoms with van der Waals surface area (Å²) in [5.74, 6) is -0.0201. The Morgan fingerprint density at radius 2 is 2.31 bits per heavy atom. The Morgan fingerprint density at radius 1 is 1.69 bits per heavy atom. The van der Waals surface area contributed by atoms with Gasteiger partial charge in [0.15, 0.2) is 0 Å². The van der Waals surface area contributed by atoms with Crippen molar-refractivity contribution in [1.82, 2.24) is 15.1 Å². The summed E-state index contributed by atoms with van der Waals surface area (Å²) in [6.07, 6.45) is 2.15. The molecule has 0 radical (unpaired) electrons. The van der Waals surface area contributed by atoms with Gasteiger partial charge in [0.2, 0.25) is 5.91 Å². The first-order chi connectivity index (χ1) is 7.06. The SMILES string of the molecule is Cc1c(C(C)NC(=O)CCN)cnn1C.Cl. The number of nitrogens with two attached hydrogens (primary N) is 1. The van der Waals surface area contributed by atoms with Gasteiger partial charge in [0.25, 0.3) is 0 Å². The number of amides is 1. The Balaban J connectivity index is 0.00000225. The molecule has 0 aromatic carbocycles. The summed E-state index contributed by atoms with van der Waals surface area (Å²) in [6.45, 7) is 4.30. The molecule has 0 aliphatic heterocycles. The van der Waals surface area contributed by atoms with Crippen molar-refractivity contribution in [1.29, 1.82) is 0 Å². The van der Waals surface area contributed by atoms with Gasteiger partial charge in [-0.2, -0.15) is 5.10 Å². The van der Waals surface area contributed by atoms with Crippen LogP contribution in [-0.4, -0.2) is 22.2 Å². The lowest BCUT2D eigenvalue weighted by Crippen LogP contribution is -2.28. The van der Waals surface area contributed by atoms with E-state index in [-0.39, 0.29) is 24.4 Å². The number of rotatable bonds is 4. The summed E-state index contributed by atoms with van der Waals surface area (Å²) < 4.78 is 1.79. The van der Waals surface area contributed by atoms with Crippen LogP contribution in [0.25, 0.3) is 0 Å². The van der Waals surface area contributed by atoms with Crippen LogP contribution in [0.3, 0.4) is 0 Å². The van der Waals surface area contributed by atoms with E-state index in [1.54, 1.807) is 10.9 Å². The molecule has 1 unspecified atom stereocenters. The van der Waals surface area contributed by atoms with Crippen LogP contribution >= 0.6 is 12.4 Å². The fourth-order valence-corrected chi connectivity index (χ4v) is 1.46. The second-order valence-corrected chi connectivity index (χ2v) is 3.64. The molecule has 16 heavy (non-hydrogen) atoms. The average Bonchev–Trinajstić information content (AvgIpc) is 2.48. The second kappa shape index (κ2) is 6.50. The summed E-state index contributed by atoms with van der Waals surface area (Å²) in [5, 5.41) is 7.01. The minimum atomic E-state index is -0.0201. The second-order valence-electron chi connectivity index (χ2n) is 3.64. The Hall–Kier alpha value is -1.07. The molecule has 1 aromatic heterocycles. The van der Waals surface area contributed by atoms with Crippen molar-refractivity contribution in [2.75, 3.05) is 6.54 Å². The first-order valence-corrected chi connectivity index (χ1v) is 5.04. The van der Waals surface area contributed by atoms with Crippen LogP contribution in [-0.2, 0) is 11.8 Å². The van der Waals surface area contributed by atoms with Gasteiger partial charge in [-0.3, -0.25) is 9.48 Å². The lowest BCUT2D eigenvalue weighted by Gasteiger charge is -2.13. The summed E-state index contributed by atoms with van der Waals surface area (Å²) in [7, 11) is 1.88. The molecule has 0 saturated carbocycles. The molecule has 1 rings (SSSR count). The molecule has 0 aliphatic rings. The number of hydrogen-bond acceptors (Lipinski definition) is 3. The van der Waals surface area contributed by atoms with E-state index in [1.165, 1.54) is 0 Å². The van der Waals surface area contributed by atoms with Crippen LogP contribution in [0.1, 0.15) is 30.6 Å². The highest BCUT2D eigenvalue weighted by atomic mass is 35.5. The molecule has 0 aliphatic carbocycles. The molecule has 1 amide bonds. The van der Waals surface area contributed by atoms with Crippen LogP contribution in [0.5, 0.6) is 0 Å². The quantitative estimate of drug-likeness (QED) is 0.821. The van der Waals surface area contributed by atoms with Crippen molar-refractivity contribution in [3.8, 4) is 0 Å². The van der Waals surface area contributed by atoms with Crippen molar-refractivity contribution >= 4 is 18.3 Å². The number of hydrogen-bond donors (Lipinski definition) is 2. The topological polar surface area (TPSA) is 72.9 Å². The molecule has 0 saturated heterocycles. The number of carbonyl (C=O) groups is 1. The molecule has 1 heterocycles. The van der Waals surface area contributed by atoms with Crippen molar-refractivity contribution in [2.24, 2.45) is 12.8 Å². The van der Waals surface area contributed by atoms with E-state index >= 15 is 0 Å². The number of nitrogens with zero attached hydrogens (tertiary/aromatic N) is 2. The van der Waals surface area contributed by atoms with Gasteiger partial charge >= 0.3 is 0 Å². The third-order valence-corrected chi connectivity index (χ3v) is 2.49. The van der Waals surface area contributed by atoms with E-state index in [1.807, 2.05) is 20.9 Å². The normalized spacial score (nSPS) is 11.8. The zero-order valence-corrected chi connectivity index (χ0v) is 10.7. The predicted molar refractivity (Wildman–Crippen MR) is 65.4 cm³/mol. The number of nitrogens with one attached hydrogen (secondary N) is 1. The Morgan fingerprint density at radius 3 is 2.75 bits per heavy atom. The first kappa shape index (κ1) is 14.9. The van der Waals surface area contributed by atoms with Gasteiger partial charge < -0.3 is 11.1 Å². The van der Waals surface area contributed by atoms with Crippen molar-refractivity contribution in [3.63, 3.8) is 0 Å². The van der Waals surface area contributed by atoms with E-state index < -0.39 is 0 Å². The number of aryl methyl sites for hydroxylation is 1. The van der Waals surface area contributed by atoms with Gasteiger partial charge in [0, 0.05) is 31.3 Å². The monoisotopic (exact) mass is 246 g/mol. The Kier molecular flexibility index (Phi) is 6.06. The van der Waals surface area contributed by atoms with Gasteiger partial charge in [-0.25, -0.2) is 0 Å². The summed E-state index contributed by atoms with van der Waals surface area (Å²) >= 11 is 0. The number of carbonyl (C=O) groups excluding carboxylic acids is 1. The molecule has 3 N–H and O–H groups in total. The maximum Gasteiger partial charge on any atom is 0.221 e. The summed E-state index contributed by atoms with van der Waals surface area (Å²) in [6, 6.07) is -0.0160. The average molecular weight is 247 g/mol. The molecule has 0 spiro atoms. The molecule has 0 bridgehead atoms. The van der Waals surface area contributed by atoms with Gasteiger partial charge in [-0.1, -0.05) is 0 Å². The molecule has 92 valence electrons. The molecular weight excluding hydrogens is 228 g/mol. The largest absolute Gasteiger partial charge is 0.349 e. The van der Waals surface area contributed by atoms with Gasteiger partial charge in [-0.15, -0.1) is 12.4 Å². The lowest BCUT2D eigenvalue weighted by molar-refractivity contribution is -0.121. The van der Waals surface area contributed by atoms with E-state index in [4.69, 9.17) is 5.73 Å². The summed E-state index contributed by atoms with van der Waals surface area (Å²) in [5.41, 5.74) is 7.41. The maximum absolute atomic E-state index is 11.3. The molecule has 5 nitrogen and oxygen atoms in total. The van der Waals surface area contributed by atoms with Crippen molar-refractivity contribution in [2.45, 2.75) is 26.3 Å². The van der Waals surface area contributed by atoms with Crippen molar-refractivity contribution in [3.05, 3.63) is 17.5 Å². The van der Waals surface area contributed by atoms with Gasteiger partial charge in [0.1, 0.15) is 0 Å². The molecule has 0 fully saturated rings. The van der Waals surface area contributed by atoms with Gasteiger partial charge in [0.05, 0.1) is 12.2 Å². The fraction of sp³-hybridized carbons (Fsp3) is 0.600. The standard InChI is InChI=1S/C10H18N4O.ClH/c1-7(13-10(15)4-5-11)9-6-12-14(3)8(9)2;/h6-7H,4-5,11H2,1-3H3,(H,13,15);1H. The predicted octanol–water partition coefficient (Wildman–Crippen LogP) is 0.676. The maximum atomic E-state index is 11.3. The highest BCUT2D eigenvalue weighted by molar-refractivity contribution is 5.85. The van der Waals surface area contributed by atoms with Crippen LogP contribution in [0, 0.1) is 6.92 Å². The first-order valence-electron chi connectivity index (χ1n) is 5.04. The minimum Gasteiger partial charge on any atom is -0.349 e. The third kappa shape index (κ3) is 3.50. The lowest BCUT2D eigenvalue weighted by atomic mass is 10.1. The van der Waals surface area contributed by atoms with Crippen LogP contribution in [0.4, 0.5) is 0 Å². The van der Waals surface area contributed by atoms with Crippen molar-refractivity contribution < 1.29 is 4.79 Å². The summed E-state index contributed by atoms with van der Waals surface area (Å²) in [4.78, 5) is 11.3. The molecule has 1 atom stereocenters. The zero-order valence-electron chi connectivity index (χ0n) is 9.86. The smallest absolute Gasteiger partial charge is 0.221 e. The van der Waals surface area contributed by atoms with Gasteiger partial charge in [-0.05, 0) is 13.8 Å². The van der Waals surface area contributed by atoms with Crippen LogP contribution in [0.15, 0.2) is 6.20 Å². The highest BCUT2D eigenvalue weighted by Gasteiger charge is 2.13. The van der Waals surface area contributed by atoms with E-state index in [9.17, 15) is 4.79 Å². The third-order valence-electron chi connectivity index (χ3n) is 2.49. The van der Waals surface area contributed by atoms with E-state index in [0.29, 0.717) is 13.0 Å².